The summed E-state index contributed by atoms with van der Waals surface area (Å²) < 4.78 is 1.81. The number of aromatic nitrogens is 3. The van der Waals surface area contributed by atoms with Crippen molar-refractivity contribution in [3.05, 3.63) is 77.9 Å². The molecule has 0 unspecified atom stereocenters. The summed E-state index contributed by atoms with van der Waals surface area (Å²) in [5, 5.41) is 7.86. The largest absolute Gasteiger partial charge is 0.333 e. The van der Waals surface area contributed by atoms with Gasteiger partial charge in [-0.25, -0.2) is 4.52 Å². The molecule has 0 fully saturated rings. The number of carbonyl (C=O) groups is 1. The zero-order valence-electron chi connectivity index (χ0n) is 15.7. The highest BCUT2D eigenvalue weighted by atomic mass is 16.2. The van der Waals surface area contributed by atoms with Gasteiger partial charge in [0.1, 0.15) is 0 Å². The van der Waals surface area contributed by atoms with Crippen molar-refractivity contribution in [2.45, 2.75) is 6.54 Å². The third-order valence-corrected chi connectivity index (χ3v) is 5.05. The Kier molecular flexibility index (Phi) is 4.22. The Hall–Kier alpha value is -3.71. The van der Waals surface area contributed by atoms with Crippen molar-refractivity contribution in [1.82, 2.24) is 25.2 Å². The first-order chi connectivity index (χ1) is 14.2. The molecule has 0 spiro atoms. The first-order valence-electron chi connectivity index (χ1n) is 9.48. The van der Waals surface area contributed by atoms with Crippen molar-refractivity contribution in [3.63, 3.8) is 0 Å². The second-order valence-electron chi connectivity index (χ2n) is 6.96. The maximum Gasteiger partial charge on any atom is 0.254 e. The van der Waals surface area contributed by atoms with Crippen LogP contribution in [-0.4, -0.2) is 38.5 Å². The Morgan fingerprint density at radius 1 is 1.03 bits per heavy atom. The summed E-state index contributed by atoms with van der Waals surface area (Å²) >= 11 is 0. The molecule has 29 heavy (non-hydrogen) atoms. The van der Waals surface area contributed by atoms with Gasteiger partial charge >= 0.3 is 0 Å². The number of hydrogen-bond acceptors (Lipinski definition) is 4. The maximum atomic E-state index is 12.4. The van der Waals surface area contributed by atoms with E-state index in [1.807, 2.05) is 71.2 Å². The highest BCUT2D eigenvalue weighted by molar-refractivity contribution is 5.99. The molecular weight excluding hydrogens is 364 g/mol. The Morgan fingerprint density at radius 2 is 1.90 bits per heavy atom. The number of carbonyl (C=O) groups excluding carboxylic acids is 1. The summed E-state index contributed by atoms with van der Waals surface area (Å²) in [6.07, 6.45) is 0. The molecule has 2 N–H and O–H groups in total. The third-order valence-electron chi connectivity index (χ3n) is 5.05. The maximum absolute atomic E-state index is 12.4. The SMILES string of the molecule is [NH]CCN1Cc2cc(-c3cccc4nc(Nc5ccccc5)nn34)ccc2C1=O. The number of rotatable bonds is 5. The summed E-state index contributed by atoms with van der Waals surface area (Å²) in [4.78, 5) is 18.7. The average Bonchev–Trinajstić information content (AvgIpc) is 3.29. The summed E-state index contributed by atoms with van der Waals surface area (Å²) in [6.45, 7) is 1.22. The van der Waals surface area contributed by atoms with Crippen LogP contribution in [0.1, 0.15) is 15.9 Å². The van der Waals surface area contributed by atoms with E-state index in [1.54, 1.807) is 4.90 Å². The molecule has 4 aromatic rings. The summed E-state index contributed by atoms with van der Waals surface area (Å²) in [6, 6.07) is 21.5. The van der Waals surface area contributed by atoms with E-state index in [-0.39, 0.29) is 12.5 Å². The van der Waals surface area contributed by atoms with Crippen molar-refractivity contribution in [2.75, 3.05) is 18.4 Å². The predicted molar refractivity (Wildman–Crippen MR) is 111 cm³/mol. The van der Waals surface area contributed by atoms with Gasteiger partial charge in [0.15, 0.2) is 5.65 Å². The van der Waals surface area contributed by atoms with Crippen molar-refractivity contribution in [1.29, 1.82) is 0 Å². The van der Waals surface area contributed by atoms with Crippen molar-refractivity contribution >= 4 is 23.2 Å². The standard InChI is InChI=1S/C22H19N6O/c23-11-12-27-14-16-13-15(9-10-18(16)21(27)29)19-7-4-8-20-25-22(26-28(19)20)24-17-5-2-1-3-6-17/h1-10,13,23H,11-12,14H2,(H,24,26). The molecule has 7 heteroatoms. The summed E-state index contributed by atoms with van der Waals surface area (Å²) in [5.74, 6) is 0.536. The fourth-order valence-corrected chi connectivity index (χ4v) is 3.68. The van der Waals surface area contributed by atoms with Crippen molar-refractivity contribution in [3.8, 4) is 11.3 Å². The lowest BCUT2D eigenvalue weighted by Crippen LogP contribution is -2.27. The first-order valence-corrected chi connectivity index (χ1v) is 9.48. The minimum absolute atomic E-state index is 0.00659. The molecule has 0 aliphatic carbocycles. The van der Waals surface area contributed by atoms with Crippen molar-refractivity contribution < 1.29 is 4.79 Å². The van der Waals surface area contributed by atoms with Gasteiger partial charge in [-0.1, -0.05) is 30.3 Å². The van der Waals surface area contributed by atoms with E-state index in [4.69, 9.17) is 5.73 Å². The molecule has 1 aliphatic rings. The zero-order chi connectivity index (χ0) is 19.8. The lowest BCUT2D eigenvalue weighted by Gasteiger charge is -2.12. The van der Waals surface area contributed by atoms with Gasteiger partial charge in [0.2, 0.25) is 5.95 Å². The molecule has 1 amide bonds. The van der Waals surface area contributed by atoms with Crippen LogP contribution in [-0.2, 0) is 6.54 Å². The minimum atomic E-state index is 0.00659. The minimum Gasteiger partial charge on any atom is -0.333 e. The van der Waals surface area contributed by atoms with E-state index in [9.17, 15) is 4.79 Å². The van der Waals surface area contributed by atoms with Gasteiger partial charge < -0.3 is 10.2 Å². The molecule has 7 nitrogen and oxygen atoms in total. The van der Waals surface area contributed by atoms with Crippen LogP contribution in [0, 0.1) is 0 Å². The second kappa shape index (κ2) is 7.03. The predicted octanol–water partition coefficient (Wildman–Crippen LogP) is 3.38. The number of para-hydroxylation sites is 1. The van der Waals surface area contributed by atoms with E-state index in [0.717, 1.165) is 33.7 Å². The topological polar surface area (TPSA) is 86.3 Å². The lowest BCUT2D eigenvalue weighted by molar-refractivity contribution is 0.0782. The number of anilines is 2. The number of amides is 1. The molecule has 143 valence electrons. The molecule has 0 saturated heterocycles. The van der Waals surface area contributed by atoms with Crippen LogP contribution in [0.15, 0.2) is 66.7 Å². The number of hydrogen-bond donors (Lipinski definition) is 1. The zero-order valence-corrected chi connectivity index (χ0v) is 15.7. The molecule has 2 aromatic heterocycles. The number of pyridine rings is 1. The van der Waals surface area contributed by atoms with E-state index in [1.165, 1.54) is 0 Å². The van der Waals surface area contributed by atoms with Crippen LogP contribution in [0.25, 0.3) is 16.9 Å². The monoisotopic (exact) mass is 383 g/mol. The normalized spacial score (nSPS) is 13.1. The number of benzene rings is 2. The van der Waals surface area contributed by atoms with Gasteiger partial charge in [-0.05, 0) is 42.0 Å². The van der Waals surface area contributed by atoms with Crippen LogP contribution >= 0.6 is 0 Å². The second-order valence-corrected chi connectivity index (χ2v) is 6.96. The van der Waals surface area contributed by atoms with Crippen LogP contribution in [0.4, 0.5) is 11.6 Å². The Balaban J connectivity index is 1.51. The van der Waals surface area contributed by atoms with E-state index >= 15 is 0 Å². The number of nitrogens with one attached hydrogen (secondary N) is 2. The smallest absolute Gasteiger partial charge is 0.254 e. The first kappa shape index (κ1) is 17.4. The van der Waals surface area contributed by atoms with Gasteiger partial charge in [-0.15, -0.1) is 5.10 Å². The number of fused-ring (bicyclic) bond motifs is 2. The molecule has 1 aliphatic heterocycles. The number of nitrogens with zero attached hydrogens (tertiary/aromatic N) is 4. The molecule has 0 atom stereocenters. The lowest BCUT2D eigenvalue weighted by atomic mass is 10.0. The highest BCUT2D eigenvalue weighted by Gasteiger charge is 2.27. The molecule has 0 saturated carbocycles. The Bertz CT molecular complexity index is 1200. The average molecular weight is 383 g/mol. The molecule has 5 rings (SSSR count). The molecular formula is C22H19N6O. The quantitative estimate of drug-likeness (QED) is 0.572. The van der Waals surface area contributed by atoms with Crippen LogP contribution < -0.4 is 11.1 Å². The Morgan fingerprint density at radius 3 is 2.72 bits per heavy atom. The molecule has 2 aromatic carbocycles. The van der Waals surface area contributed by atoms with Crippen LogP contribution in [0.5, 0.6) is 0 Å². The fourth-order valence-electron chi connectivity index (χ4n) is 3.68. The van der Waals surface area contributed by atoms with E-state index in [2.05, 4.69) is 15.4 Å². The van der Waals surface area contributed by atoms with Gasteiger partial charge in [-0.3, -0.25) is 10.5 Å². The highest BCUT2D eigenvalue weighted by Crippen LogP contribution is 2.29. The molecule has 3 heterocycles. The van der Waals surface area contributed by atoms with E-state index < -0.39 is 0 Å². The van der Waals surface area contributed by atoms with Crippen LogP contribution in [0.2, 0.25) is 0 Å². The summed E-state index contributed by atoms with van der Waals surface area (Å²) in [5.41, 5.74) is 12.7. The van der Waals surface area contributed by atoms with Gasteiger partial charge in [0, 0.05) is 36.4 Å². The molecule has 1 radical (unpaired) electrons. The Labute approximate surface area is 167 Å². The van der Waals surface area contributed by atoms with Crippen LogP contribution in [0.3, 0.4) is 0 Å². The third kappa shape index (κ3) is 3.11. The van der Waals surface area contributed by atoms with E-state index in [0.29, 0.717) is 19.0 Å². The van der Waals surface area contributed by atoms with Gasteiger partial charge in [0.25, 0.3) is 5.91 Å². The summed E-state index contributed by atoms with van der Waals surface area (Å²) in [7, 11) is 0. The van der Waals surface area contributed by atoms with Crippen molar-refractivity contribution in [2.24, 2.45) is 0 Å². The fraction of sp³-hybridized carbons (Fsp3) is 0.136. The van der Waals surface area contributed by atoms with Gasteiger partial charge in [0.05, 0.1) is 5.69 Å². The van der Waals surface area contributed by atoms with Gasteiger partial charge in [-0.2, -0.15) is 4.98 Å². The molecule has 0 bridgehead atoms.